The van der Waals surface area contributed by atoms with E-state index in [9.17, 15) is 14.4 Å². The van der Waals surface area contributed by atoms with E-state index in [-0.39, 0.29) is 17.4 Å². The van der Waals surface area contributed by atoms with Gasteiger partial charge in [0, 0.05) is 5.56 Å². The molecule has 27 heavy (non-hydrogen) atoms. The molecule has 0 fully saturated rings. The van der Waals surface area contributed by atoms with Gasteiger partial charge in [0.1, 0.15) is 16.7 Å². The van der Waals surface area contributed by atoms with Crippen molar-refractivity contribution in [3.8, 4) is 0 Å². The van der Waals surface area contributed by atoms with Crippen molar-refractivity contribution in [3.63, 3.8) is 0 Å². The fourth-order valence-corrected chi connectivity index (χ4v) is 3.48. The summed E-state index contributed by atoms with van der Waals surface area (Å²) in [5, 5.41) is 4.96. The van der Waals surface area contributed by atoms with Gasteiger partial charge in [-0.2, -0.15) is 0 Å². The van der Waals surface area contributed by atoms with E-state index in [2.05, 4.69) is 15.7 Å². The van der Waals surface area contributed by atoms with Crippen LogP contribution >= 0.6 is 11.3 Å². The highest BCUT2D eigenvalue weighted by Gasteiger charge is 2.26. The van der Waals surface area contributed by atoms with Crippen molar-refractivity contribution < 1.29 is 9.59 Å². The maximum absolute atomic E-state index is 12.8. The highest BCUT2D eigenvalue weighted by Crippen LogP contribution is 2.14. The molecule has 2 amide bonds. The second kappa shape index (κ2) is 7.71. The van der Waals surface area contributed by atoms with Crippen molar-refractivity contribution in [2.75, 3.05) is 5.43 Å². The summed E-state index contributed by atoms with van der Waals surface area (Å²) in [6.07, 6.45) is 0. The minimum atomic E-state index is -0.804. The van der Waals surface area contributed by atoms with Crippen LogP contribution in [-0.4, -0.2) is 27.5 Å². The van der Waals surface area contributed by atoms with Crippen LogP contribution < -0.4 is 16.3 Å². The Morgan fingerprint density at radius 3 is 2.52 bits per heavy atom. The first kappa shape index (κ1) is 18.8. The van der Waals surface area contributed by atoms with Gasteiger partial charge >= 0.3 is 0 Å². The van der Waals surface area contributed by atoms with Gasteiger partial charge < -0.3 is 5.32 Å². The van der Waals surface area contributed by atoms with Crippen molar-refractivity contribution in [2.45, 2.75) is 26.8 Å². The minimum Gasteiger partial charge on any atom is -0.340 e. The standard InChI is InChI=1S/C19H20N4O3S/c1-11(2)15(21-16(24)13-7-5-4-6-8-13)17(25)22-23-12(3)20-18-14(19(23)26)9-10-27-18/h4-11,15H,1-3H3,(H,21,24)(H,22,25). The van der Waals surface area contributed by atoms with Crippen LogP contribution in [0.15, 0.2) is 46.6 Å². The molecule has 3 aromatic rings. The van der Waals surface area contributed by atoms with Gasteiger partial charge in [-0.15, -0.1) is 11.3 Å². The molecule has 0 saturated heterocycles. The Morgan fingerprint density at radius 1 is 1.15 bits per heavy atom. The molecule has 7 nitrogen and oxygen atoms in total. The first-order chi connectivity index (χ1) is 12.9. The normalized spacial score (nSPS) is 12.1. The molecule has 8 heteroatoms. The first-order valence-electron chi connectivity index (χ1n) is 8.52. The zero-order valence-electron chi connectivity index (χ0n) is 15.2. The highest BCUT2D eigenvalue weighted by molar-refractivity contribution is 7.16. The summed E-state index contributed by atoms with van der Waals surface area (Å²) < 4.78 is 1.13. The largest absolute Gasteiger partial charge is 0.340 e. The second-order valence-electron chi connectivity index (χ2n) is 6.48. The van der Waals surface area contributed by atoms with Crippen LogP contribution in [0.1, 0.15) is 30.0 Å². The number of aromatic nitrogens is 2. The van der Waals surface area contributed by atoms with Crippen LogP contribution in [-0.2, 0) is 4.79 Å². The molecule has 1 aromatic carbocycles. The molecular weight excluding hydrogens is 364 g/mol. The fraction of sp³-hybridized carbons (Fsp3) is 0.263. The molecule has 2 N–H and O–H groups in total. The van der Waals surface area contributed by atoms with Gasteiger partial charge in [0.25, 0.3) is 17.4 Å². The molecule has 0 aliphatic rings. The summed E-state index contributed by atoms with van der Waals surface area (Å²) in [6, 6.07) is 9.54. The number of thiophene rings is 1. The molecule has 0 bridgehead atoms. The molecule has 0 aliphatic heterocycles. The number of carbonyl (C=O) groups is 2. The van der Waals surface area contributed by atoms with Gasteiger partial charge in [0.2, 0.25) is 0 Å². The third kappa shape index (κ3) is 3.90. The molecule has 0 aliphatic carbocycles. The maximum atomic E-state index is 12.8. The average molecular weight is 384 g/mol. The molecule has 1 unspecified atom stereocenters. The molecule has 140 valence electrons. The minimum absolute atomic E-state index is 0.175. The van der Waals surface area contributed by atoms with E-state index < -0.39 is 11.9 Å². The number of hydrogen-bond donors (Lipinski definition) is 2. The number of aryl methyl sites for hydroxylation is 1. The van der Waals surface area contributed by atoms with Gasteiger partial charge in [-0.1, -0.05) is 32.0 Å². The monoisotopic (exact) mass is 384 g/mol. The highest BCUT2D eigenvalue weighted by atomic mass is 32.1. The lowest BCUT2D eigenvalue weighted by Gasteiger charge is -2.22. The summed E-state index contributed by atoms with van der Waals surface area (Å²) in [6.45, 7) is 5.30. The Kier molecular flexibility index (Phi) is 5.36. The number of hydrogen-bond acceptors (Lipinski definition) is 5. The Bertz CT molecular complexity index is 1040. The van der Waals surface area contributed by atoms with Gasteiger partial charge in [0.05, 0.1) is 5.39 Å². The topological polar surface area (TPSA) is 93.1 Å². The Hall–Kier alpha value is -3.00. The third-order valence-electron chi connectivity index (χ3n) is 4.16. The van der Waals surface area contributed by atoms with Gasteiger partial charge in [-0.25, -0.2) is 9.66 Å². The van der Waals surface area contributed by atoms with E-state index >= 15 is 0 Å². The number of rotatable bonds is 5. The number of fused-ring (bicyclic) bond motifs is 1. The van der Waals surface area contributed by atoms with Gasteiger partial charge in [-0.05, 0) is 36.4 Å². The average Bonchev–Trinajstić information content (AvgIpc) is 3.11. The van der Waals surface area contributed by atoms with Crippen molar-refractivity contribution in [2.24, 2.45) is 5.92 Å². The zero-order chi connectivity index (χ0) is 19.6. The Balaban J connectivity index is 1.84. The smallest absolute Gasteiger partial charge is 0.281 e. The van der Waals surface area contributed by atoms with E-state index in [0.717, 1.165) is 4.68 Å². The van der Waals surface area contributed by atoms with Crippen LogP contribution in [0.25, 0.3) is 10.2 Å². The van der Waals surface area contributed by atoms with E-state index in [1.165, 1.54) is 11.3 Å². The summed E-state index contributed by atoms with van der Waals surface area (Å²) in [5.41, 5.74) is 2.71. The van der Waals surface area contributed by atoms with E-state index in [1.807, 2.05) is 19.9 Å². The molecule has 0 spiro atoms. The maximum Gasteiger partial charge on any atom is 0.281 e. The van der Waals surface area contributed by atoms with Crippen LogP contribution in [0.4, 0.5) is 0 Å². The molecule has 2 heterocycles. The molecule has 3 rings (SSSR count). The van der Waals surface area contributed by atoms with E-state index in [4.69, 9.17) is 0 Å². The van der Waals surface area contributed by atoms with Gasteiger partial charge in [-0.3, -0.25) is 19.8 Å². The first-order valence-corrected chi connectivity index (χ1v) is 9.40. The van der Waals surface area contributed by atoms with Gasteiger partial charge in [0.15, 0.2) is 0 Å². The quantitative estimate of drug-likeness (QED) is 0.706. The Morgan fingerprint density at radius 2 is 1.85 bits per heavy atom. The van der Waals surface area contributed by atoms with Crippen molar-refractivity contribution in [1.82, 2.24) is 15.0 Å². The third-order valence-corrected chi connectivity index (χ3v) is 4.97. The number of nitrogens with one attached hydrogen (secondary N) is 2. The lowest BCUT2D eigenvalue weighted by Crippen LogP contribution is -2.50. The number of benzene rings is 1. The summed E-state index contributed by atoms with van der Waals surface area (Å²) in [4.78, 5) is 42.8. The van der Waals surface area contributed by atoms with E-state index in [0.29, 0.717) is 21.6 Å². The zero-order valence-corrected chi connectivity index (χ0v) is 16.0. The predicted octanol–water partition coefficient (Wildman–Crippen LogP) is 2.29. The van der Waals surface area contributed by atoms with Crippen LogP contribution in [0.3, 0.4) is 0 Å². The van der Waals surface area contributed by atoms with Crippen molar-refractivity contribution in [3.05, 3.63) is 63.5 Å². The molecule has 0 saturated carbocycles. The number of amides is 2. The molecule has 2 aromatic heterocycles. The fourth-order valence-electron chi connectivity index (χ4n) is 2.68. The lowest BCUT2D eigenvalue weighted by atomic mass is 10.0. The lowest BCUT2D eigenvalue weighted by molar-refractivity contribution is -0.119. The molecule has 1 atom stereocenters. The van der Waals surface area contributed by atoms with Crippen LogP contribution in [0.5, 0.6) is 0 Å². The molecular formula is C19H20N4O3S. The van der Waals surface area contributed by atoms with Crippen molar-refractivity contribution in [1.29, 1.82) is 0 Å². The molecule has 0 radical (unpaired) electrons. The Labute approximate surface area is 160 Å². The number of carbonyl (C=O) groups excluding carboxylic acids is 2. The summed E-state index contributed by atoms with van der Waals surface area (Å²) >= 11 is 1.37. The number of nitrogens with zero attached hydrogens (tertiary/aromatic N) is 2. The second-order valence-corrected chi connectivity index (χ2v) is 7.37. The SMILES string of the molecule is Cc1nc2sccc2c(=O)n1NC(=O)C(NC(=O)c1ccccc1)C(C)C. The van der Waals surface area contributed by atoms with Crippen LogP contribution in [0, 0.1) is 12.8 Å². The summed E-state index contributed by atoms with van der Waals surface area (Å²) in [5.74, 6) is -0.623. The predicted molar refractivity (Wildman–Crippen MR) is 106 cm³/mol. The summed E-state index contributed by atoms with van der Waals surface area (Å²) in [7, 11) is 0. The van der Waals surface area contributed by atoms with E-state index in [1.54, 1.807) is 42.6 Å². The van der Waals surface area contributed by atoms with Crippen molar-refractivity contribution >= 4 is 33.4 Å². The van der Waals surface area contributed by atoms with Crippen LogP contribution in [0.2, 0.25) is 0 Å².